The maximum atomic E-state index is 10.7. The Bertz CT molecular complexity index is 254. The van der Waals surface area contributed by atoms with Gasteiger partial charge in [0.1, 0.15) is 12.4 Å². The topological polar surface area (TPSA) is 124 Å². The van der Waals surface area contributed by atoms with E-state index in [4.69, 9.17) is 10.2 Å². The highest BCUT2D eigenvalue weighted by Crippen LogP contribution is 2.03. The first-order chi connectivity index (χ1) is 6.90. The van der Waals surface area contributed by atoms with Crippen LogP contribution in [0.3, 0.4) is 0 Å². The van der Waals surface area contributed by atoms with Crippen LogP contribution in [0.4, 0.5) is 0 Å². The van der Waals surface area contributed by atoms with E-state index in [1.54, 1.807) is 0 Å². The van der Waals surface area contributed by atoms with Crippen molar-refractivity contribution in [3.63, 3.8) is 0 Å². The zero-order valence-corrected chi connectivity index (χ0v) is 8.08. The van der Waals surface area contributed by atoms with E-state index in [1.165, 1.54) is 0 Å². The van der Waals surface area contributed by atoms with Gasteiger partial charge in [0.25, 0.3) is 0 Å². The molecule has 0 fully saturated rings. The lowest BCUT2D eigenvalue weighted by Gasteiger charge is -2.23. The van der Waals surface area contributed by atoms with Crippen LogP contribution in [-0.2, 0) is 14.4 Å². The molecule has 0 aliphatic rings. The summed E-state index contributed by atoms with van der Waals surface area (Å²) >= 11 is 0. The van der Waals surface area contributed by atoms with Gasteiger partial charge in [-0.25, -0.2) is 4.79 Å². The summed E-state index contributed by atoms with van der Waals surface area (Å²) < 4.78 is 0. The fraction of sp³-hybridized carbons (Fsp3) is 0.625. The zero-order chi connectivity index (χ0) is 12.0. The van der Waals surface area contributed by atoms with Crippen molar-refractivity contribution in [2.75, 3.05) is 0 Å². The minimum Gasteiger partial charge on any atom is -0.479 e. The Balaban J connectivity index is 4.52. The molecule has 0 aromatic carbocycles. The van der Waals surface area contributed by atoms with E-state index < -0.39 is 30.1 Å². The maximum absolute atomic E-state index is 10.7. The normalized spacial score (nSPS) is 16.2. The molecular weight excluding hydrogens is 206 g/mol. The lowest BCUT2D eigenvalue weighted by Crippen LogP contribution is -2.50. The van der Waals surface area contributed by atoms with Crippen LogP contribution in [0.5, 0.6) is 0 Å². The molecule has 0 aromatic rings. The second kappa shape index (κ2) is 6.10. The molecular formula is C8H13NO6. The van der Waals surface area contributed by atoms with Gasteiger partial charge in [-0.15, -0.1) is 0 Å². The fourth-order valence-electron chi connectivity index (χ4n) is 1.01. The number of aldehydes is 1. The number of rotatable bonds is 6. The van der Waals surface area contributed by atoms with Crippen LogP contribution in [0.25, 0.3) is 0 Å². The molecule has 0 radical (unpaired) electrons. The molecule has 0 unspecified atom stereocenters. The van der Waals surface area contributed by atoms with Crippen molar-refractivity contribution in [1.29, 1.82) is 0 Å². The quantitative estimate of drug-likeness (QED) is 0.379. The van der Waals surface area contributed by atoms with E-state index in [9.17, 15) is 19.5 Å². The van der Waals surface area contributed by atoms with E-state index >= 15 is 0 Å². The van der Waals surface area contributed by atoms with Gasteiger partial charge in [-0.1, -0.05) is 0 Å². The van der Waals surface area contributed by atoms with Crippen LogP contribution in [0.1, 0.15) is 13.3 Å². The first kappa shape index (κ1) is 13.5. The second-order valence-electron chi connectivity index (χ2n) is 2.98. The van der Waals surface area contributed by atoms with E-state index in [2.05, 4.69) is 5.32 Å². The highest BCUT2D eigenvalue weighted by molar-refractivity contribution is 5.75. The summed E-state index contributed by atoms with van der Waals surface area (Å²) in [5.74, 6) is -2.15. The maximum Gasteiger partial charge on any atom is 0.335 e. The van der Waals surface area contributed by atoms with E-state index in [1.807, 2.05) is 0 Å². The van der Waals surface area contributed by atoms with Gasteiger partial charge in [0.2, 0.25) is 5.91 Å². The zero-order valence-electron chi connectivity index (χ0n) is 8.08. The Hall–Kier alpha value is -1.47. The highest BCUT2D eigenvalue weighted by atomic mass is 16.4. The van der Waals surface area contributed by atoms with E-state index in [-0.39, 0.29) is 6.42 Å². The molecule has 3 atom stereocenters. The van der Waals surface area contributed by atoms with Crippen LogP contribution >= 0.6 is 0 Å². The number of carbonyl (C=O) groups is 3. The van der Waals surface area contributed by atoms with Gasteiger partial charge in [0.15, 0.2) is 6.10 Å². The lowest BCUT2D eigenvalue weighted by atomic mass is 10.0. The van der Waals surface area contributed by atoms with Crippen molar-refractivity contribution in [3.8, 4) is 0 Å². The molecule has 86 valence electrons. The Morgan fingerprint density at radius 2 is 1.93 bits per heavy atom. The molecule has 7 heteroatoms. The first-order valence-corrected chi connectivity index (χ1v) is 4.19. The summed E-state index contributed by atoms with van der Waals surface area (Å²) in [6.45, 7) is 1.15. The van der Waals surface area contributed by atoms with Gasteiger partial charge in [0, 0.05) is 13.3 Å². The number of nitrogens with one attached hydrogen (secondary N) is 1. The summed E-state index contributed by atoms with van der Waals surface area (Å²) in [6.07, 6.45) is -3.62. The SMILES string of the molecule is CC(=O)N[C@H](CC=O)[C@H](O)[C@H](O)C(=O)O. The predicted molar refractivity (Wildman–Crippen MR) is 47.9 cm³/mol. The largest absolute Gasteiger partial charge is 0.479 e. The molecule has 0 bridgehead atoms. The fourth-order valence-corrected chi connectivity index (χ4v) is 1.01. The number of amides is 1. The average molecular weight is 219 g/mol. The molecule has 0 aromatic heterocycles. The predicted octanol–water partition coefficient (Wildman–Crippen LogP) is -2.11. The van der Waals surface area contributed by atoms with Crippen molar-refractivity contribution in [2.45, 2.75) is 31.6 Å². The first-order valence-electron chi connectivity index (χ1n) is 4.19. The molecule has 4 N–H and O–H groups in total. The third-order valence-corrected chi connectivity index (χ3v) is 1.73. The second-order valence-corrected chi connectivity index (χ2v) is 2.98. The minimum absolute atomic E-state index is 0.273. The molecule has 0 spiro atoms. The summed E-state index contributed by atoms with van der Waals surface area (Å²) in [4.78, 5) is 31.2. The lowest BCUT2D eigenvalue weighted by molar-refractivity contribution is -0.154. The number of aliphatic hydroxyl groups is 2. The van der Waals surface area contributed by atoms with Gasteiger partial charge >= 0.3 is 5.97 Å². The van der Waals surface area contributed by atoms with Crippen LogP contribution < -0.4 is 5.32 Å². The summed E-state index contributed by atoms with van der Waals surface area (Å²) in [6, 6.07) is -1.11. The molecule has 1 amide bonds. The number of hydrogen-bond donors (Lipinski definition) is 4. The Labute approximate surface area is 85.7 Å². The van der Waals surface area contributed by atoms with Crippen molar-refractivity contribution in [3.05, 3.63) is 0 Å². The van der Waals surface area contributed by atoms with Crippen molar-refractivity contribution < 1.29 is 29.7 Å². The number of carboxylic acids is 1. The number of aliphatic carboxylic acids is 1. The van der Waals surface area contributed by atoms with Gasteiger partial charge in [-0.3, -0.25) is 4.79 Å². The van der Waals surface area contributed by atoms with Gasteiger partial charge in [-0.2, -0.15) is 0 Å². The standard InChI is InChI=1S/C8H13NO6/c1-4(11)9-5(2-3-10)6(12)7(13)8(14)15/h3,5-7,12-13H,2H2,1H3,(H,9,11)(H,14,15)/t5-,6+,7+/m1/s1. The highest BCUT2D eigenvalue weighted by Gasteiger charge is 2.31. The number of carboxylic acid groups (broad SMARTS) is 1. The summed E-state index contributed by atoms with van der Waals surface area (Å²) in [7, 11) is 0. The molecule has 0 aliphatic carbocycles. The molecule has 15 heavy (non-hydrogen) atoms. The van der Waals surface area contributed by atoms with E-state index in [0.29, 0.717) is 6.29 Å². The molecule has 0 aliphatic heterocycles. The third-order valence-electron chi connectivity index (χ3n) is 1.73. The van der Waals surface area contributed by atoms with Crippen molar-refractivity contribution >= 4 is 18.2 Å². The number of hydrogen-bond acceptors (Lipinski definition) is 5. The molecule has 0 saturated heterocycles. The van der Waals surface area contributed by atoms with Crippen molar-refractivity contribution in [1.82, 2.24) is 5.32 Å². The van der Waals surface area contributed by atoms with Crippen LogP contribution in [0.2, 0.25) is 0 Å². The van der Waals surface area contributed by atoms with E-state index in [0.717, 1.165) is 6.92 Å². The van der Waals surface area contributed by atoms with Crippen LogP contribution in [0, 0.1) is 0 Å². The third kappa shape index (κ3) is 4.52. The smallest absolute Gasteiger partial charge is 0.335 e. The van der Waals surface area contributed by atoms with Crippen LogP contribution in [0.15, 0.2) is 0 Å². The molecule has 0 saturated carbocycles. The Kier molecular flexibility index (Phi) is 5.50. The molecule has 0 rings (SSSR count). The Morgan fingerprint density at radius 1 is 1.40 bits per heavy atom. The van der Waals surface area contributed by atoms with Gasteiger partial charge in [0.05, 0.1) is 6.04 Å². The monoisotopic (exact) mass is 219 g/mol. The van der Waals surface area contributed by atoms with Crippen LogP contribution in [-0.4, -0.2) is 51.7 Å². The average Bonchev–Trinajstić information content (AvgIpc) is 2.14. The van der Waals surface area contributed by atoms with Crippen molar-refractivity contribution in [2.24, 2.45) is 0 Å². The minimum atomic E-state index is -2.04. The van der Waals surface area contributed by atoms with Gasteiger partial charge in [-0.05, 0) is 0 Å². The van der Waals surface area contributed by atoms with Gasteiger partial charge < -0.3 is 25.4 Å². The molecule has 7 nitrogen and oxygen atoms in total. The Morgan fingerprint density at radius 3 is 2.27 bits per heavy atom. The number of aliphatic hydroxyl groups excluding tert-OH is 2. The number of carbonyl (C=O) groups excluding carboxylic acids is 2. The molecule has 0 heterocycles. The summed E-state index contributed by atoms with van der Waals surface area (Å²) in [5.41, 5.74) is 0. The summed E-state index contributed by atoms with van der Waals surface area (Å²) in [5, 5.41) is 28.9.